The Balaban J connectivity index is 2.90. The molecule has 0 saturated carbocycles. The van der Waals surface area contributed by atoms with Gasteiger partial charge in [0, 0.05) is 24.4 Å². The zero-order valence-corrected chi connectivity index (χ0v) is 11.8. The van der Waals surface area contributed by atoms with Gasteiger partial charge in [0.25, 0.3) is 0 Å². The van der Waals surface area contributed by atoms with E-state index in [1.54, 1.807) is 32.9 Å². The van der Waals surface area contributed by atoms with E-state index < -0.39 is 16.2 Å². The maximum atomic E-state index is 11.2. The van der Waals surface area contributed by atoms with Crippen LogP contribution in [0.15, 0.2) is 18.2 Å². The SMILES string of the molecule is CCOc1cc(NCC(C)(C)C(N)=O)ccc1[N+](=O)[O-]. The second-order valence-corrected chi connectivity index (χ2v) is 4.97. The molecule has 0 aliphatic heterocycles. The summed E-state index contributed by atoms with van der Waals surface area (Å²) in [6.07, 6.45) is 0. The molecule has 0 aliphatic carbocycles. The molecule has 1 aromatic rings. The van der Waals surface area contributed by atoms with Crippen LogP contribution in [-0.4, -0.2) is 24.0 Å². The molecule has 20 heavy (non-hydrogen) atoms. The van der Waals surface area contributed by atoms with E-state index >= 15 is 0 Å². The van der Waals surface area contributed by atoms with E-state index in [9.17, 15) is 14.9 Å². The van der Waals surface area contributed by atoms with E-state index in [0.29, 0.717) is 18.8 Å². The molecule has 1 aromatic carbocycles. The topological polar surface area (TPSA) is 107 Å². The number of carbonyl (C=O) groups excluding carboxylic acids is 1. The van der Waals surface area contributed by atoms with Crippen molar-refractivity contribution in [2.45, 2.75) is 20.8 Å². The molecule has 0 aromatic heterocycles. The molecule has 7 nitrogen and oxygen atoms in total. The highest BCUT2D eigenvalue weighted by atomic mass is 16.6. The van der Waals surface area contributed by atoms with Crippen LogP contribution in [0.4, 0.5) is 11.4 Å². The standard InChI is InChI=1S/C13H19N3O4/c1-4-20-11-7-9(5-6-10(11)16(18)19)15-8-13(2,3)12(14)17/h5-7,15H,4,8H2,1-3H3,(H2,14,17). The Bertz CT molecular complexity index is 514. The van der Waals surface area contributed by atoms with Crippen molar-refractivity contribution in [2.24, 2.45) is 11.1 Å². The first-order valence-corrected chi connectivity index (χ1v) is 6.23. The number of hydrogen-bond donors (Lipinski definition) is 2. The molecule has 0 radical (unpaired) electrons. The number of benzene rings is 1. The molecule has 110 valence electrons. The summed E-state index contributed by atoms with van der Waals surface area (Å²) in [6, 6.07) is 4.47. The smallest absolute Gasteiger partial charge is 0.311 e. The number of anilines is 1. The predicted molar refractivity (Wildman–Crippen MR) is 75.7 cm³/mol. The molecule has 3 N–H and O–H groups in total. The Morgan fingerprint density at radius 3 is 2.65 bits per heavy atom. The Morgan fingerprint density at radius 1 is 1.50 bits per heavy atom. The number of hydrogen-bond acceptors (Lipinski definition) is 5. The van der Waals surface area contributed by atoms with E-state index in [2.05, 4.69) is 5.32 Å². The quantitative estimate of drug-likeness (QED) is 0.586. The number of nitrogens with zero attached hydrogens (tertiary/aromatic N) is 1. The second kappa shape index (κ2) is 6.23. The van der Waals surface area contributed by atoms with Crippen molar-refractivity contribution >= 4 is 17.3 Å². The molecule has 0 atom stereocenters. The minimum atomic E-state index is -0.715. The van der Waals surface area contributed by atoms with Crippen LogP contribution in [0.3, 0.4) is 0 Å². The van der Waals surface area contributed by atoms with Crippen molar-refractivity contribution < 1.29 is 14.5 Å². The lowest BCUT2D eigenvalue weighted by atomic mass is 9.92. The van der Waals surface area contributed by atoms with Crippen molar-refractivity contribution in [3.8, 4) is 5.75 Å². The maximum Gasteiger partial charge on any atom is 0.311 e. The lowest BCUT2D eigenvalue weighted by Crippen LogP contribution is -2.37. The average molecular weight is 281 g/mol. The summed E-state index contributed by atoms with van der Waals surface area (Å²) in [7, 11) is 0. The molecule has 0 heterocycles. The van der Waals surface area contributed by atoms with Crippen molar-refractivity contribution in [3.63, 3.8) is 0 Å². The van der Waals surface area contributed by atoms with E-state index in [0.717, 1.165) is 0 Å². The van der Waals surface area contributed by atoms with E-state index in [-0.39, 0.29) is 11.4 Å². The number of ether oxygens (including phenoxy) is 1. The van der Waals surface area contributed by atoms with E-state index in [1.165, 1.54) is 6.07 Å². The van der Waals surface area contributed by atoms with Gasteiger partial charge in [-0.3, -0.25) is 14.9 Å². The fourth-order valence-electron chi connectivity index (χ4n) is 1.46. The normalized spacial score (nSPS) is 10.9. The summed E-state index contributed by atoms with van der Waals surface area (Å²) in [5.41, 5.74) is 5.11. The molecule has 1 amide bonds. The van der Waals surface area contributed by atoms with E-state index in [1.807, 2.05) is 0 Å². The zero-order valence-electron chi connectivity index (χ0n) is 11.8. The number of amides is 1. The molecule has 0 spiro atoms. The third kappa shape index (κ3) is 3.84. The van der Waals surface area contributed by atoms with Gasteiger partial charge in [-0.25, -0.2) is 0 Å². The van der Waals surface area contributed by atoms with Gasteiger partial charge in [-0.05, 0) is 26.8 Å². The highest BCUT2D eigenvalue weighted by Crippen LogP contribution is 2.30. The number of nitro groups is 1. The van der Waals surface area contributed by atoms with Gasteiger partial charge in [0.1, 0.15) is 0 Å². The van der Waals surface area contributed by atoms with Crippen molar-refractivity contribution in [3.05, 3.63) is 28.3 Å². The van der Waals surface area contributed by atoms with E-state index in [4.69, 9.17) is 10.5 Å². The molecule has 0 bridgehead atoms. The average Bonchev–Trinajstić information content (AvgIpc) is 2.36. The summed E-state index contributed by atoms with van der Waals surface area (Å²) in [5.74, 6) is -0.226. The van der Waals surface area contributed by atoms with Crippen molar-refractivity contribution in [1.29, 1.82) is 0 Å². The van der Waals surface area contributed by atoms with Gasteiger partial charge in [0.2, 0.25) is 5.91 Å². The molecular formula is C13H19N3O4. The molecule has 1 rings (SSSR count). The van der Waals surface area contributed by atoms with Crippen molar-refractivity contribution in [1.82, 2.24) is 0 Å². The Morgan fingerprint density at radius 2 is 2.15 bits per heavy atom. The first-order chi connectivity index (χ1) is 9.27. The fourth-order valence-corrected chi connectivity index (χ4v) is 1.46. The molecule has 7 heteroatoms. The summed E-state index contributed by atoms with van der Waals surface area (Å²) < 4.78 is 5.25. The number of rotatable bonds is 7. The fraction of sp³-hybridized carbons (Fsp3) is 0.462. The number of nitro benzene ring substituents is 1. The number of nitrogens with two attached hydrogens (primary N) is 1. The van der Waals surface area contributed by atoms with Crippen LogP contribution in [-0.2, 0) is 4.79 Å². The molecule has 0 unspecified atom stereocenters. The summed E-state index contributed by atoms with van der Waals surface area (Å²) in [6.45, 7) is 5.84. The zero-order chi connectivity index (χ0) is 15.3. The minimum Gasteiger partial charge on any atom is -0.487 e. The third-order valence-corrected chi connectivity index (χ3v) is 2.86. The first kappa shape index (κ1) is 15.7. The summed E-state index contributed by atoms with van der Waals surface area (Å²) >= 11 is 0. The molecule has 0 aliphatic rings. The number of nitrogens with one attached hydrogen (secondary N) is 1. The number of carbonyl (C=O) groups is 1. The Labute approximate surface area is 117 Å². The summed E-state index contributed by atoms with van der Waals surface area (Å²) in [5, 5.41) is 13.9. The van der Waals surface area contributed by atoms with Crippen LogP contribution in [0.2, 0.25) is 0 Å². The lowest BCUT2D eigenvalue weighted by molar-refractivity contribution is -0.385. The lowest BCUT2D eigenvalue weighted by Gasteiger charge is -2.21. The molecule has 0 saturated heterocycles. The first-order valence-electron chi connectivity index (χ1n) is 6.23. The van der Waals surface area contributed by atoms with Gasteiger partial charge >= 0.3 is 5.69 Å². The third-order valence-electron chi connectivity index (χ3n) is 2.86. The minimum absolute atomic E-state index is 0.0911. The summed E-state index contributed by atoms with van der Waals surface area (Å²) in [4.78, 5) is 21.6. The van der Waals surface area contributed by atoms with Gasteiger partial charge in [-0.2, -0.15) is 0 Å². The Kier molecular flexibility index (Phi) is 4.90. The largest absolute Gasteiger partial charge is 0.487 e. The highest BCUT2D eigenvalue weighted by Gasteiger charge is 2.25. The van der Waals surface area contributed by atoms with Crippen molar-refractivity contribution in [2.75, 3.05) is 18.5 Å². The van der Waals surface area contributed by atoms with Gasteiger partial charge in [-0.1, -0.05) is 0 Å². The van der Waals surface area contributed by atoms with Gasteiger partial charge in [0.05, 0.1) is 16.9 Å². The Hall–Kier alpha value is -2.31. The van der Waals surface area contributed by atoms with Gasteiger partial charge in [0.15, 0.2) is 5.75 Å². The number of primary amides is 1. The monoisotopic (exact) mass is 281 g/mol. The van der Waals surface area contributed by atoms with Crippen LogP contribution in [0.1, 0.15) is 20.8 Å². The van der Waals surface area contributed by atoms with Crippen LogP contribution in [0.5, 0.6) is 5.75 Å². The maximum absolute atomic E-state index is 11.2. The van der Waals surface area contributed by atoms with Crippen LogP contribution in [0, 0.1) is 15.5 Å². The molecule has 0 fully saturated rings. The van der Waals surface area contributed by atoms with Crippen LogP contribution in [0.25, 0.3) is 0 Å². The predicted octanol–water partition coefficient (Wildman–Crippen LogP) is 1.92. The van der Waals surface area contributed by atoms with Crippen LogP contribution >= 0.6 is 0 Å². The van der Waals surface area contributed by atoms with Gasteiger partial charge < -0.3 is 15.8 Å². The van der Waals surface area contributed by atoms with Gasteiger partial charge in [-0.15, -0.1) is 0 Å². The molecular weight excluding hydrogens is 262 g/mol. The highest BCUT2D eigenvalue weighted by molar-refractivity contribution is 5.80. The second-order valence-electron chi connectivity index (χ2n) is 4.97. The van der Waals surface area contributed by atoms with Crippen LogP contribution < -0.4 is 15.8 Å².